The van der Waals surface area contributed by atoms with E-state index in [2.05, 4.69) is 55.8 Å². The molecule has 0 aliphatic carbocycles. The molecule has 8 rings (SSSR count). The van der Waals surface area contributed by atoms with Crippen LogP contribution in [0.3, 0.4) is 0 Å². The molecule has 304 valence electrons. The number of rotatable bonds is 9. The van der Waals surface area contributed by atoms with Crippen LogP contribution in [0.15, 0.2) is 147 Å². The molecule has 0 atom stereocenters. The molecule has 61 heavy (non-hydrogen) atoms. The van der Waals surface area contributed by atoms with Gasteiger partial charge in [0.25, 0.3) is 5.91 Å². The molecule has 15 nitrogen and oxygen atoms in total. The van der Waals surface area contributed by atoms with E-state index in [-0.39, 0.29) is 21.8 Å². The Hall–Kier alpha value is -7.88. The molecule has 0 spiro atoms. The van der Waals surface area contributed by atoms with Crippen LogP contribution >= 0.6 is 23.2 Å². The van der Waals surface area contributed by atoms with E-state index in [0.717, 1.165) is 45.0 Å². The number of aromatic carboxylic acids is 1. The topological polar surface area (TPSA) is 220 Å². The lowest BCUT2D eigenvalue weighted by Crippen LogP contribution is -2.12. The van der Waals surface area contributed by atoms with E-state index in [1.54, 1.807) is 43.2 Å². The number of pyridine rings is 4. The number of benzene rings is 2. The lowest BCUT2D eigenvalue weighted by atomic mass is 10.1. The zero-order valence-corrected chi connectivity index (χ0v) is 34.0. The molecule has 8 aromatic rings. The number of carbonyl (C=O) groups is 2. The Morgan fingerprint density at radius 3 is 1.61 bits per heavy atom. The molecule has 0 aliphatic heterocycles. The van der Waals surface area contributed by atoms with Crippen LogP contribution in [0.25, 0.3) is 22.5 Å². The van der Waals surface area contributed by atoms with Crippen molar-refractivity contribution >= 4 is 69.7 Å². The molecule has 0 unspecified atom stereocenters. The summed E-state index contributed by atoms with van der Waals surface area (Å²) < 4.78 is 0. The van der Waals surface area contributed by atoms with E-state index in [4.69, 9.17) is 34.0 Å². The van der Waals surface area contributed by atoms with Crippen molar-refractivity contribution in [2.45, 2.75) is 13.8 Å². The molecule has 0 radical (unpaired) electrons. The maximum absolute atomic E-state index is 12.5. The van der Waals surface area contributed by atoms with Crippen LogP contribution in [0, 0.1) is 13.8 Å². The van der Waals surface area contributed by atoms with Gasteiger partial charge in [0.05, 0.1) is 17.0 Å². The van der Waals surface area contributed by atoms with Crippen molar-refractivity contribution < 1.29 is 14.7 Å². The van der Waals surface area contributed by atoms with Gasteiger partial charge in [-0.1, -0.05) is 35.3 Å². The van der Waals surface area contributed by atoms with E-state index in [1.807, 2.05) is 86.6 Å². The predicted octanol–water partition coefficient (Wildman–Crippen LogP) is 9.50. The third-order valence-corrected chi connectivity index (χ3v) is 8.85. The summed E-state index contributed by atoms with van der Waals surface area (Å²) in [6.07, 6.45) is 13.2. The summed E-state index contributed by atoms with van der Waals surface area (Å²) in [6, 6.07) is 28.4. The van der Waals surface area contributed by atoms with Gasteiger partial charge in [0.2, 0.25) is 11.9 Å². The number of nitrogens with two attached hydrogens (primary N) is 1. The second kappa shape index (κ2) is 20.7. The normalized spacial score (nSPS) is 10.2. The van der Waals surface area contributed by atoms with Crippen molar-refractivity contribution in [2.24, 2.45) is 0 Å². The number of carbonyl (C=O) groups excluding carboxylic acids is 1. The summed E-state index contributed by atoms with van der Waals surface area (Å²) >= 11 is 11.3. The third-order valence-electron chi connectivity index (χ3n) is 8.44. The van der Waals surface area contributed by atoms with E-state index in [1.165, 1.54) is 30.6 Å². The standard InChI is InChI=1S/C22H17ClN6O.C16H15N5.C6H4ClNO2/c1-14-4-5-17(27-21(30)15-6-9-25-20(23)11-15)12-19(14)29-22-26-10-7-18(28-22)16-3-2-8-24-13-16;1-11-4-5-13(17)9-15(11)21-16-19-8-6-14(20-16)12-3-2-7-18-10-12;7-5-3-4(6(9)10)1-2-8-5/h2-13H,1H3,(H,27,30)(H,26,28,29);2-10H,17H2,1H3,(H,19,20,21);1-3H,(H,9,10). The molecule has 17 heteroatoms. The highest BCUT2D eigenvalue weighted by Gasteiger charge is 2.11. The Morgan fingerprint density at radius 1 is 0.590 bits per heavy atom. The Labute approximate surface area is 360 Å². The largest absolute Gasteiger partial charge is 0.478 e. The van der Waals surface area contributed by atoms with Crippen molar-refractivity contribution in [2.75, 3.05) is 21.7 Å². The Bertz CT molecular complexity index is 2760. The smallest absolute Gasteiger partial charge is 0.335 e. The van der Waals surface area contributed by atoms with Crippen LogP contribution in [0.5, 0.6) is 0 Å². The number of hydrogen-bond acceptors (Lipinski definition) is 13. The monoisotopic (exact) mass is 850 g/mol. The molecule has 0 bridgehead atoms. The van der Waals surface area contributed by atoms with Crippen molar-refractivity contribution in [1.29, 1.82) is 0 Å². The number of hydrogen-bond donors (Lipinski definition) is 5. The quantitative estimate of drug-likeness (QED) is 0.0675. The zero-order valence-electron chi connectivity index (χ0n) is 32.5. The molecule has 2 aromatic carbocycles. The first-order valence-corrected chi connectivity index (χ1v) is 19.0. The van der Waals surface area contributed by atoms with Crippen molar-refractivity contribution in [1.82, 2.24) is 39.9 Å². The van der Waals surface area contributed by atoms with Gasteiger partial charge in [-0.25, -0.2) is 34.7 Å². The molecule has 0 fully saturated rings. The van der Waals surface area contributed by atoms with Gasteiger partial charge in [0.1, 0.15) is 10.3 Å². The highest BCUT2D eigenvalue weighted by molar-refractivity contribution is 6.30. The van der Waals surface area contributed by atoms with Gasteiger partial charge in [0, 0.05) is 89.0 Å². The molecule has 0 saturated carbocycles. The van der Waals surface area contributed by atoms with Crippen molar-refractivity contribution in [3.63, 3.8) is 0 Å². The molecule has 1 amide bonds. The highest BCUT2D eigenvalue weighted by Crippen LogP contribution is 2.26. The first kappa shape index (κ1) is 42.7. The number of nitrogens with zero attached hydrogens (tertiary/aromatic N) is 8. The minimum atomic E-state index is -0.996. The van der Waals surface area contributed by atoms with Crippen molar-refractivity contribution in [3.05, 3.63) is 179 Å². The highest BCUT2D eigenvalue weighted by atomic mass is 35.5. The number of carboxylic acid groups (broad SMARTS) is 1. The summed E-state index contributed by atoms with van der Waals surface area (Å²) in [7, 11) is 0. The van der Waals surface area contributed by atoms with Crippen LogP contribution < -0.4 is 21.7 Å². The fraction of sp³-hybridized carbons (Fsp3) is 0.0455. The second-order valence-corrected chi connectivity index (χ2v) is 13.6. The number of halogens is 2. The fourth-order valence-corrected chi connectivity index (χ4v) is 5.67. The Kier molecular flexibility index (Phi) is 14.5. The van der Waals surface area contributed by atoms with E-state index in [0.29, 0.717) is 28.8 Å². The van der Waals surface area contributed by atoms with Crippen LogP contribution in [-0.4, -0.2) is 56.9 Å². The predicted molar refractivity (Wildman–Crippen MR) is 237 cm³/mol. The van der Waals surface area contributed by atoms with Crippen LogP contribution in [0.2, 0.25) is 10.3 Å². The summed E-state index contributed by atoms with van der Waals surface area (Å²) in [5, 5.41) is 18.2. The summed E-state index contributed by atoms with van der Waals surface area (Å²) in [6.45, 7) is 3.97. The van der Waals surface area contributed by atoms with Crippen LogP contribution in [0.1, 0.15) is 31.8 Å². The summed E-state index contributed by atoms with van der Waals surface area (Å²) in [5.41, 5.74) is 14.9. The molecule has 6 aromatic heterocycles. The van der Waals surface area contributed by atoms with Gasteiger partial charge in [-0.2, -0.15) is 0 Å². The van der Waals surface area contributed by atoms with E-state index in [9.17, 15) is 9.59 Å². The number of aryl methyl sites for hydroxylation is 2. The Balaban J connectivity index is 0.000000173. The van der Waals surface area contributed by atoms with Gasteiger partial charge in [-0.3, -0.25) is 14.8 Å². The number of carboxylic acids is 1. The van der Waals surface area contributed by atoms with E-state index < -0.39 is 5.97 Å². The van der Waals surface area contributed by atoms with Gasteiger partial charge in [0.15, 0.2) is 0 Å². The van der Waals surface area contributed by atoms with Gasteiger partial charge >= 0.3 is 5.97 Å². The third kappa shape index (κ3) is 12.6. The van der Waals surface area contributed by atoms with Gasteiger partial charge < -0.3 is 26.8 Å². The lowest BCUT2D eigenvalue weighted by Gasteiger charge is -2.12. The van der Waals surface area contributed by atoms with Crippen molar-refractivity contribution in [3.8, 4) is 22.5 Å². The summed E-state index contributed by atoms with van der Waals surface area (Å²) in [4.78, 5) is 56.1. The van der Waals surface area contributed by atoms with Gasteiger partial charge in [-0.05, 0) is 110 Å². The summed E-state index contributed by atoms with van der Waals surface area (Å²) in [5.74, 6) is -0.290. The maximum atomic E-state index is 12.5. The molecule has 0 saturated heterocycles. The number of anilines is 6. The number of nitrogens with one attached hydrogen (secondary N) is 3. The lowest BCUT2D eigenvalue weighted by molar-refractivity contribution is 0.0696. The fourth-order valence-electron chi connectivity index (χ4n) is 5.32. The minimum absolute atomic E-state index is 0.153. The zero-order chi connectivity index (χ0) is 43.1. The first-order valence-electron chi connectivity index (χ1n) is 18.3. The average Bonchev–Trinajstić information content (AvgIpc) is 3.27. The molecular formula is C44H36Cl2N12O3. The molecular weight excluding hydrogens is 815 g/mol. The number of amides is 1. The minimum Gasteiger partial charge on any atom is -0.478 e. The van der Waals surface area contributed by atoms with Crippen LogP contribution in [-0.2, 0) is 0 Å². The van der Waals surface area contributed by atoms with E-state index >= 15 is 0 Å². The number of aromatic nitrogens is 8. The number of nitrogen functional groups attached to an aromatic ring is 1. The Morgan fingerprint density at radius 2 is 1.10 bits per heavy atom. The average molecular weight is 852 g/mol. The maximum Gasteiger partial charge on any atom is 0.335 e. The second-order valence-electron chi connectivity index (χ2n) is 12.9. The molecule has 0 aliphatic rings. The van der Waals surface area contributed by atoms with Gasteiger partial charge in [-0.15, -0.1) is 0 Å². The SMILES string of the molecule is Cc1ccc(N)cc1Nc1nccc(-c2cccnc2)n1.Cc1ccc(NC(=O)c2ccnc(Cl)c2)cc1Nc1nccc(-c2cccnc2)n1.O=C(O)c1ccnc(Cl)c1. The first-order chi connectivity index (χ1) is 29.5. The van der Waals surface area contributed by atoms with Crippen LogP contribution in [0.4, 0.5) is 34.6 Å². The molecule has 6 heterocycles. The molecule has 6 N–H and O–H groups in total.